The Morgan fingerprint density at radius 2 is 2.05 bits per heavy atom. The lowest BCUT2D eigenvalue weighted by Crippen LogP contribution is -2.29. The summed E-state index contributed by atoms with van der Waals surface area (Å²) in [7, 11) is 0. The number of nitrogens with zero attached hydrogens (tertiary/aromatic N) is 1. The van der Waals surface area contributed by atoms with Crippen LogP contribution in [0, 0.1) is 5.41 Å². The number of carbonyl (C=O) groups is 1. The first-order valence-corrected chi connectivity index (χ1v) is 7.52. The van der Waals surface area contributed by atoms with Gasteiger partial charge in [-0.15, -0.1) is 0 Å². The van der Waals surface area contributed by atoms with Crippen LogP contribution in [0.5, 0.6) is 0 Å². The van der Waals surface area contributed by atoms with Gasteiger partial charge in [0.25, 0.3) is 5.91 Å². The molecule has 0 unspecified atom stereocenters. The Labute approximate surface area is 134 Å². The Kier molecular flexibility index (Phi) is 3.79. The van der Waals surface area contributed by atoms with Crippen LogP contribution in [0.15, 0.2) is 46.1 Å². The first-order valence-electron chi connectivity index (χ1n) is 7.14. The van der Waals surface area contributed by atoms with Gasteiger partial charge in [-0.2, -0.15) is 5.10 Å². The van der Waals surface area contributed by atoms with Crippen molar-refractivity contribution in [1.82, 2.24) is 5.43 Å². The Balaban J connectivity index is 1.84. The van der Waals surface area contributed by atoms with Crippen molar-refractivity contribution in [3.8, 4) is 0 Å². The highest BCUT2D eigenvalue weighted by molar-refractivity contribution is 6.33. The standard InChI is InChI=1S/C17H17ClN2O2/c1-17(2)9-14(12-7-8-22-15(12)10-17)19-20-16(21)11-5-3-4-6-13(11)18/h3-8H,9-10H2,1-2H3,(H,20,21). The zero-order chi connectivity index (χ0) is 15.7. The fourth-order valence-electron chi connectivity index (χ4n) is 2.70. The van der Waals surface area contributed by atoms with Crippen molar-refractivity contribution >= 4 is 23.2 Å². The molecule has 3 rings (SSSR count). The van der Waals surface area contributed by atoms with Gasteiger partial charge < -0.3 is 4.42 Å². The molecule has 1 aromatic heterocycles. The lowest BCUT2D eigenvalue weighted by molar-refractivity contribution is 0.0954. The van der Waals surface area contributed by atoms with E-state index in [2.05, 4.69) is 24.4 Å². The van der Waals surface area contributed by atoms with Crippen LogP contribution in [0.3, 0.4) is 0 Å². The van der Waals surface area contributed by atoms with Crippen LogP contribution in [0.25, 0.3) is 0 Å². The molecule has 4 nitrogen and oxygen atoms in total. The van der Waals surface area contributed by atoms with E-state index in [1.54, 1.807) is 30.5 Å². The van der Waals surface area contributed by atoms with Gasteiger partial charge in [0, 0.05) is 12.0 Å². The van der Waals surface area contributed by atoms with Gasteiger partial charge in [0.1, 0.15) is 5.76 Å². The first-order chi connectivity index (χ1) is 10.5. The Morgan fingerprint density at radius 1 is 1.27 bits per heavy atom. The number of furan rings is 1. The third-order valence-electron chi connectivity index (χ3n) is 3.75. The molecule has 2 aromatic rings. The highest BCUT2D eigenvalue weighted by atomic mass is 35.5. The first kappa shape index (κ1) is 14.9. The third kappa shape index (κ3) is 2.92. The Morgan fingerprint density at radius 3 is 2.82 bits per heavy atom. The minimum absolute atomic E-state index is 0.0544. The molecule has 1 aromatic carbocycles. The van der Waals surface area contributed by atoms with E-state index in [4.69, 9.17) is 16.0 Å². The predicted octanol–water partition coefficient (Wildman–Crippen LogP) is 4.04. The summed E-state index contributed by atoms with van der Waals surface area (Å²) in [5.74, 6) is 0.605. The lowest BCUT2D eigenvalue weighted by Gasteiger charge is -2.29. The normalized spacial score (nSPS) is 18.0. The molecule has 0 saturated carbocycles. The maximum atomic E-state index is 12.2. The van der Waals surface area contributed by atoms with E-state index in [0.717, 1.165) is 29.9 Å². The molecule has 0 fully saturated rings. The summed E-state index contributed by atoms with van der Waals surface area (Å²) >= 11 is 6.03. The molecule has 1 amide bonds. The second-order valence-electron chi connectivity index (χ2n) is 6.25. The van der Waals surface area contributed by atoms with Crippen molar-refractivity contribution in [3.05, 3.63) is 58.5 Å². The molecule has 1 heterocycles. The van der Waals surface area contributed by atoms with Crippen molar-refractivity contribution in [3.63, 3.8) is 0 Å². The van der Waals surface area contributed by atoms with Crippen LogP contribution in [0.4, 0.5) is 0 Å². The van der Waals surface area contributed by atoms with Crippen molar-refractivity contribution in [2.75, 3.05) is 0 Å². The van der Waals surface area contributed by atoms with E-state index >= 15 is 0 Å². The molecule has 1 aliphatic carbocycles. The van der Waals surface area contributed by atoms with E-state index in [1.807, 2.05) is 6.07 Å². The Hall–Kier alpha value is -2.07. The van der Waals surface area contributed by atoms with Gasteiger partial charge in [0.2, 0.25) is 0 Å². The maximum Gasteiger partial charge on any atom is 0.272 e. The number of rotatable bonds is 2. The molecule has 114 valence electrons. The number of halogens is 1. The second-order valence-corrected chi connectivity index (χ2v) is 6.66. The minimum atomic E-state index is -0.313. The summed E-state index contributed by atoms with van der Waals surface area (Å²) in [5.41, 5.74) is 4.87. The summed E-state index contributed by atoms with van der Waals surface area (Å²) in [6.45, 7) is 4.31. The number of benzene rings is 1. The second kappa shape index (κ2) is 5.61. The molecular weight excluding hydrogens is 300 g/mol. The lowest BCUT2D eigenvalue weighted by atomic mass is 9.76. The molecule has 5 heteroatoms. The molecular formula is C17H17ClN2O2. The Bertz CT molecular complexity index is 747. The molecule has 1 N–H and O–H groups in total. The number of hydrogen-bond acceptors (Lipinski definition) is 3. The minimum Gasteiger partial charge on any atom is -0.469 e. The van der Waals surface area contributed by atoms with Gasteiger partial charge in [-0.25, -0.2) is 5.43 Å². The van der Waals surface area contributed by atoms with E-state index < -0.39 is 0 Å². The van der Waals surface area contributed by atoms with Crippen molar-refractivity contribution in [1.29, 1.82) is 0 Å². The van der Waals surface area contributed by atoms with Crippen molar-refractivity contribution < 1.29 is 9.21 Å². The molecule has 22 heavy (non-hydrogen) atoms. The molecule has 0 radical (unpaired) electrons. The number of hydrogen-bond donors (Lipinski definition) is 1. The molecule has 0 aliphatic heterocycles. The van der Waals surface area contributed by atoms with Crippen LogP contribution in [-0.4, -0.2) is 11.6 Å². The molecule has 0 atom stereocenters. The number of nitrogens with one attached hydrogen (secondary N) is 1. The number of amides is 1. The van der Waals surface area contributed by atoms with Crippen LogP contribution in [-0.2, 0) is 6.42 Å². The zero-order valence-electron chi connectivity index (χ0n) is 12.5. The van der Waals surface area contributed by atoms with Gasteiger partial charge in [0.15, 0.2) is 0 Å². The predicted molar refractivity (Wildman–Crippen MR) is 86.3 cm³/mol. The summed E-state index contributed by atoms with van der Waals surface area (Å²) in [4.78, 5) is 12.2. The van der Waals surface area contributed by atoms with Crippen LogP contribution < -0.4 is 5.43 Å². The fraction of sp³-hybridized carbons (Fsp3) is 0.294. The average molecular weight is 317 g/mol. The monoisotopic (exact) mass is 316 g/mol. The number of carbonyl (C=O) groups excluding carboxylic acids is 1. The van der Waals surface area contributed by atoms with Crippen LogP contribution in [0.1, 0.15) is 41.9 Å². The third-order valence-corrected chi connectivity index (χ3v) is 4.08. The van der Waals surface area contributed by atoms with Gasteiger partial charge >= 0.3 is 0 Å². The average Bonchev–Trinajstić information content (AvgIpc) is 2.91. The zero-order valence-corrected chi connectivity index (χ0v) is 13.3. The number of fused-ring (bicyclic) bond motifs is 1. The van der Waals surface area contributed by atoms with Crippen LogP contribution >= 0.6 is 11.6 Å². The van der Waals surface area contributed by atoms with Crippen molar-refractivity contribution in [2.45, 2.75) is 26.7 Å². The summed E-state index contributed by atoms with van der Waals surface area (Å²) in [5, 5.41) is 4.72. The maximum absolute atomic E-state index is 12.2. The largest absolute Gasteiger partial charge is 0.469 e. The highest BCUT2D eigenvalue weighted by Gasteiger charge is 2.31. The van der Waals surface area contributed by atoms with E-state index in [-0.39, 0.29) is 11.3 Å². The highest BCUT2D eigenvalue weighted by Crippen LogP contribution is 2.35. The molecule has 1 aliphatic rings. The quantitative estimate of drug-likeness (QED) is 0.850. The van der Waals surface area contributed by atoms with Gasteiger partial charge in [-0.1, -0.05) is 37.6 Å². The van der Waals surface area contributed by atoms with Crippen LogP contribution in [0.2, 0.25) is 5.02 Å². The van der Waals surface area contributed by atoms with Gasteiger partial charge in [-0.05, 0) is 30.0 Å². The number of hydrazone groups is 1. The van der Waals surface area contributed by atoms with E-state index in [1.165, 1.54) is 0 Å². The summed E-state index contributed by atoms with van der Waals surface area (Å²) < 4.78 is 5.52. The molecule has 0 bridgehead atoms. The molecule has 0 spiro atoms. The van der Waals surface area contributed by atoms with Gasteiger partial charge in [-0.3, -0.25) is 4.79 Å². The molecule has 0 saturated heterocycles. The van der Waals surface area contributed by atoms with E-state index in [9.17, 15) is 4.79 Å². The summed E-state index contributed by atoms with van der Waals surface area (Å²) in [6.07, 6.45) is 3.31. The van der Waals surface area contributed by atoms with E-state index in [0.29, 0.717) is 10.6 Å². The SMILES string of the molecule is CC1(C)CC(=NNC(=O)c2ccccc2Cl)c2ccoc2C1. The van der Waals surface area contributed by atoms with Gasteiger partial charge in [0.05, 0.1) is 22.6 Å². The smallest absolute Gasteiger partial charge is 0.272 e. The summed E-state index contributed by atoms with van der Waals surface area (Å²) in [6, 6.07) is 8.80. The topological polar surface area (TPSA) is 54.6 Å². The fourth-order valence-corrected chi connectivity index (χ4v) is 2.93. The van der Waals surface area contributed by atoms with Crippen molar-refractivity contribution in [2.24, 2.45) is 10.5 Å².